The molecule has 3 rings (SSSR count). The lowest BCUT2D eigenvalue weighted by molar-refractivity contribution is -0.115. The third-order valence-electron chi connectivity index (χ3n) is 3.54. The molecule has 0 fully saturated rings. The number of hydrogen-bond acceptors (Lipinski definition) is 4. The van der Waals surface area contributed by atoms with Gasteiger partial charge >= 0.3 is 0 Å². The molecule has 1 heterocycles. The van der Waals surface area contributed by atoms with Crippen LogP contribution in [0, 0.1) is 24.1 Å². The summed E-state index contributed by atoms with van der Waals surface area (Å²) >= 11 is 1.45. The first-order chi connectivity index (χ1) is 12.0. The van der Waals surface area contributed by atoms with Gasteiger partial charge in [0, 0.05) is 16.1 Å². The first-order valence-electron chi connectivity index (χ1n) is 7.57. The topological polar surface area (TPSA) is 65.8 Å². The molecule has 4 nitrogen and oxygen atoms in total. The third-order valence-corrected chi connectivity index (χ3v) is 4.51. The molecule has 0 bridgehead atoms. The van der Waals surface area contributed by atoms with Crippen molar-refractivity contribution in [2.75, 3.05) is 5.32 Å². The maximum absolute atomic E-state index is 13.1. The summed E-state index contributed by atoms with van der Waals surface area (Å²) in [5, 5.41) is 12.5. The van der Waals surface area contributed by atoms with E-state index >= 15 is 0 Å². The molecule has 1 aromatic heterocycles. The zero-order valence-corrected chi connectivity index (χ0v) is 14.2. The highest BCUT2D eigenvalue weighted by atomic mass is 32.1. The molecule has 3 aromatic rings. The largest absolute Gasteiger partial charge is 0.326 e. The fraction of sp³-hybridized carbons (Fsp3) is 0.105. The number of carbonyl (C=O) groups excluding carboxylic acids is 1. The van der Waals surface area contributed by atoms with Crippen LogP contribution in [-0.4, -0.2) is 10.9 Å². The highest BCUT2D eigenvalue weighted by molar-refractivity contribution is 7.12. The van der Waals surface area contributed by atoms with E-state index < -0.39 is 0 Å². The van der Waals surface area contributed by atoms with E-state index in [4.69, 9.17) is 5.26 Å². The number of nitrogens with one attached hydrogen (secondary N) is 1. The summed E-state index contributed by atoms with van der Waals surface area (Å²) < 4.78 is 13.1. The number of rotatable bonds is 4. The normalized spacial score (nSPS) is 10.3. The van der Waals surface area contributed by atoms with E-state index in [0.29, 0.717) is 16.9 Å². The van der Waals surface area contributed by atoms with Crippen LogP contribution in [0.25, 0.3) is 11.3 Å². The molecule has 0 aliphatic carbocycles. The van der Waals surface area contributed by atoms with Gasteiger partial charge in [0.05, 0.1) is 28.8 Å². The number of halogens is 1. The zero-order valence-electron chi connectivity index (χ0n) is 13.4. The SMILES string of the molecule is Cc1nc(-c2ccc(F)cc2)c(CC(=O)Nc2ccc(C#N)cc2)s1. The predicted octanol–water partition coefficient (Wildman–Crippen LogP) is 4.31. The average Bonchev–Trinajstić information content (AvgIpc) is 2.96. The summed E-state index contributed by atoms with van der Waals surface area (Å²) in [4.78, 5) is 17.6. The lowest BCUT2D eigenvalue weighted by atomic mass is 10.1. The smallest absolute Gasteiger partial charge is 0.229 e. The van der Waals surface area contributed by atoms with Gasteiger partial charge in [-0.05, 0) is 55.5 Å². The van der Waals surface area contributed by atoms with Gasteiger partial charge in [-0.2, -0.15) is 5.26 Å². The van der Waals surface area contributed by atoms with Crippen molar-refractivity contribution in [1.82, 2.24) is 4.98 Å². The number of aromatic nitrogens is 1. The van der Waals surface area contributed by atoms with Crippen LogP contribution in [0.2, 0.25) is 0 Å². The number of nitrogens with zero attached hydrogens (tertiary/aromatic N) is 2. The van der Waals surface area contributed by atoms with Crippen LogP contribution in [0.3, 0.4) is 0 Å². The molecule has 0 aliphatic rings. The molecular formula is C19H14FN3OS. The number of nitriles is 1. The molecule has 6 heteroatoms. The molecule has 0 spiro atoms. The van der Waals surface area contributed by atoms with E-state index in [1.54, 1.807) is 36.4 Å². The summed E-state index contributed by atoms with van der Waals surface area (Å²) in [7, 11) is 0. The van der Waals surface area contributed by atoms with Gasteiger partial charge in [0.25, 0.3) is 0 Å². The van der Waals surface area contributed by atoms with Crippen LogP contribution >= 0.6 is 11.3 Å². The van der Waals surface area contributed by atoms with E-state index in [1.165, 1.54) is 23.5 Å². The molecule has 124 valence electrons. The molecule has 1 N–H and O–H groups in total. The van der Waals surface area contributed by atoms with Crippen molar-refractivity contribution in [3.63, 3.8) is 0 Å². The third kappa shape index (κ3) is 4.08. The van der Waals surface area contributed by atoms with Crippen molar-refractivity contribution in [3.05, 3.63) is 69.8 Å². The van der Waals surface area contributed by atoms with Crippen LogP contribution in [0.4, 0.5) is 10.1 Å². The Labute approximate surface area is 148 Å². The van der Waals surface area contributed by atoms with Crippen LogP contribution in [0.1, 0.15) is 15.4 Å². The van der Waals surface area contributed by atoms with Crippen molar-refractivity contribution < 1.29 is 9.18 Å². The van der Waals surface area contributed by atoms with Crippen LogP contribution in [0.5, 0.6) is 0 Å². The minimum absolute atomic E-state index is 0.170. The minimum Gasteiger partial charge on any atom is -0.326 e. The van der Waals surface area contributed by atoms with Gasteiger partial charge in [-0.15, -0.1) is 11.3 Å². The molecule has 0 saturated heterocycles. The monoisotopic (exact) mass is 351 g/mol. The number of hydrogen-bond donors (Lipinski definition) is 1. The second-order valence-corrected chi connectivity index (χ2v) is 6.71. The van der Waals surface area contributed by atoms with Crippen molar-refractivity contribution >= 4 is 22.9 Å². The fourth-order valence-electron chi connectivity index (χ4n) is 2.40. The Bertz CT molecular complexity index is 940. The Morgan fingerprint density at radius 2 is 1.88 bits per heavy atom. The maximum Gasteiger partial charge on any atom is 0.229 e. The number of aryl methyl sites for hydroxylation is 1. The summed E-state index contributed by atoms with van der Waals surface area (Å²) in [6.45, 7) is 1.87. The van der Waals surface area contributed by atoms with Crippen molar-refractivity contribution in [2.24, 2.45) is 0 Å². The Morgan fingerprint density at radius 3 is 2.52 bits per heavy atom. The Hall–Kier alpha value is -3.04. The number of benzene rings is 2. The summed E-state index contributed by atoms with van der Waals surface area (Å²) in [5.41, 5.74) is 2.66. The highest BCUT2D eigenvalue weighted by Crippen LogP contribution is 2.29. The number of carbonyl (C=O) groups is 1. The predicted molar refractivity (Wildman–Crippen MR) is 95.7 cm³/mol. The highest BCUT2D eigenvalue weighted by Gasteiger charge is 2.15. The van der Waals surface area contributed by atoms with Gasteiger partial charge in [0.2, 0.25) is 5.91 Å². The first-order valence-corrected chi connectivity index (χ1v) is 8.39. The Kier molecular flexibility index (Phi) is 4.87. The molecule has 0 atom stereocenters. The van der Waals surface area contributed by atoms with E-state index in [-0.39, 0.29) is 18.1 Å². The molecule has 25 heavy (non-hydrogen) atoms. The fourth-order valence-corrected chi connectivity index (χ4v) is 3.36. The molecule has 0 radical (unpaired) electrons. The van der Waals surface area contributed by atoms with Gasteiger partial charge in [0.15, 0.2) is 0 Å². The lowest BCUT2D eigenvalue weighted by Gasteiger charge is -2.06. The second-order valence-electron chi connectivity index (χ2n) is 5.43. The van der Waals surface area contributed by atoms with Crippen LogP contribution in [0.15, 0.2) is 48.5 Å². The minimum atomic E-state index is -0.309. The van der Waals surface area contributed by atoms with Gasteiger partial charge in [-0.25, -0.2) is 9.37 Å². The van der Waals surface area contributed by atoms with E-state index in [2.05, 4.69) is 10.3 Å². The van der Waals surface area contributed by atoms with Crippen LogP contribution in [-0.2, 0) is 11.2 Å². The number of anilines is 1. The molecule has 0 unspecified atom stereocenters. The summed E-state index contributed by atoms with van der Waals surface area (Å²) in [6, 6.07) is 14.8. The summed E-state index contributed by atoms with van der Waals surface area (Å²) in [6.07, 6.45) is 0.179. The van der Waals surface area contributed by atoms with Gasteiger partial charge in [-0.3, -0.25) is 4.79 Å². The number of amides is 1. The van der Waals surface area contributed by atoms with E-state index in [0.717, 1.165) is 15.4 Å². The van der Waals surface area contributed by atoms with E-state index in [9.17, 15) is 9.18 Å². The van der Waals surface area contributed by atoms with Crippen molar-refractivity contribution in [2.45, 2.75) is 13.3 Å². The van der Waals surface area contributed by atoms with Crippen molar-refractivity contribution in [3.8, 4) is 17.3 Å². The Balaban J connectivity index is 1.77. The molecule has 2 aromatic carbocycles. The van der Waals surface area contributed by atoms with Gasteiger partial charge in [0.1, 0.15) is 5.82 Å². The summed E-state index contributed by atoms with van der Waals surface area (Å²) in [5.74, 6) is -0.479. The first kappa shape index (κ1) is 16.8. The average molecular weight is 351 g/mol. The molecular weight excluding hydrogens is 337 g/mol. The second kappa shape index (κ2) is 7.24. The van der Waals surface area contributed by atoms with E-state index in [1.807, 2.05) is 13.0 Å². The standard InChI is InChI=1S/C19H14FN3OS/c1-12-22-19(14-4-6-15(20)7-5-14)17(25-12)10-18(24)23-16-8-2-13(11-21)3-9-16/h2-9H,10H2,1H3,(H,23,24). The maximum atomic E-state index is 13.1. The quantitative estimate of drug-likeness (QED) is 0.762. The van der Waals surface area contributed by atoms with Gasteiger partial charge < -0.3 is 5.32 Å². The molecule has 1 amide bonds. The lowest BCUT2D eigenvalue weighted by Crippen LogP contribution is -2.14. The Morgan fingerprint density at radius 1 is 1.20 bits per heavy atom. The molecule has 0 aliphatic heterocycles. The van der Waals surface area contributed by atoms with Crippen LogP contribution < -0.4 is 5.32 Å². The molecule has 0 saturated carbocycles. The van der Waals surface area contributed by atoms with Crippen molar-refractivity contribution in [1.29, 1.82) is 5.26 Å². The number of thiazole rings is 1. The van der Waals surface area contributed by atoms with Gasteiger partial charge in [-0.1, -0.05) is 0 Å². The zero-order chi connectivity index (χ0) is 17.8.